The summed E-state index contributed by atoms with van der Waals surface area (Å²) in [4.78, 5) is 34.1. The molecule has 234 valence electrons. The van der Waals surface area contributed by atoms with Crippen LogP contribution in [-0.2, 0) is 4.74 Å². The number of nitrogens with zero attached hydrogens (tertiary/aromatic N) is 2. The number of benzene rings is 3. The van der Waals surface area contributed by atoms with Gasteiger partial charge < -0.3 is 39.2 Å². The number of aromatic nitrogens is 1. The molecule has 0 spiro atoms. The van der Waals surface area contributed by atoms with Crippen LogP contribution in [0.25, 0.3) is 10.2 Å². The van der Waals surface area contributed by atoms with Crippen molar-refractivity contribution in [2.24, 2.45) is 0 Å². The summed E-state index contributed by atoms with van der Waals surface area (Å²) >= 11 is 1.32. The third-order valence-electron chi connectivity index (χ3n) is 7.50. The molecular weight excluding hydrogens is 624 g/mol. The molecule has 45 heavy (non-hydrogen) atoms. The van der Waals surface area contributed by atoms with E-state index in [1.807, 2.05) is 0 Å². The van der Waals surface area contributed by atoms with Crippen molar-refractivity contribution in [1.82, 2.24) is 4.98 Å². The van der Waals surface area contributed by atoms with E-state index < -0.39 is 24.7 Å². The Morgan fingerprint density at radius 3 is 2.53 bits per heavy atom. The highest BCUT2D eigenvalue weighted by atomic mass is 32.1. The average molecular weight is 647 g/mol. The molecule has 2 fully saturated rings. The zero-order valence-electron chi connectivity index (χ0n) is 23.1. The van der Waals surface area contributed by atoms with Crippen LogP contribution < -0.4 is 34.5 Å². The fourth-order valence-electron chi connectivity index (χ4n) is 5.51. The lowest BCUT2D eigenvalue weighted by Gasteiger charge is -2.52. The van der Waals surface area contributed by atoms with Crippen molar-refractivity contribution in [3.63, 3.8) is 0 Å². The van der Waals surface area contributed by atoms with E-state index in [1.165, 1.54) is 36.6 Å². The van der Waals surface area contributed by atoms with Crippen LogP contribution in [0.1, 0.15) is 27.1 Å². The molecule has 0 aliphatic carbocycles. The Hall–Kier alpha value is -4.83. The SMILES string of the molecule is COc1ccc2nc(N3C4COCC3C4)sc2c1C(=O)Nc1ccc(OC(F)F)cc1C(=O)Nc1ccc2c(c1)OC(F)(F)O2. The summed E-state index contributed by atoms with van der Waals surface area (Å²) in [5.41, 5.74) is 0.455. The third kappa shape index (κ3) is 5.39. The number of hydrogen-bond donors (Lipinski definition) is 2. The molecule has 4 aromatic rings. The van der Waals surface area contributed by atoms with Gasteiger partial charge in [0.25, 0.3) is 11.8 Å². The minimum atomic E-state index is -3.87. The van der Waals surface area contributed by atoms with Gasteiger partial charge in [-0.05, 0) is 48.9 Å². The third-order valence-corrected chi connectivity index (χ3v) is 8.60. The molecule has 2 amide bonds. The Kier molecular flexibility index (Phi) is 7.04. The van der Waals surface area contributed by atoms with Gasteiger partial charge >= 0.3 is 12.9 Å². The second-order valence-electron chi connectivity index (χ2n) is 10.3. The first-order chi connectivity index (χ1) is 21.6. The lowest BCUT2D eigenvalue weighted by molar-refractivity contribution is -0.286. The monoisotopic (exact) mass is 646 g/mol. The summed E-state index contributed by atoms with van der Waals surface area (Å²) < 4.78 is 77.8. The summed E-state index contributed by atoms with van der Waals surface area (Å²) in [5.74, 6) is -2.18. The van der Waals surface area contributed by atoms with Crippen LogP contribution in [0.3, 0.4) is 0 Å². The minimum absolute atomic E-state index is 0.0299. The highest BCUT2D eigenvalue weighted by Gasteiger charge is 2.44. The lowest BCUT2D eigenvalue weighted by Crippen LogP contribution is -2.64. The van der Waals surface area contributed by atoms with E-state index in [-0.39, 0.29) is 57.6 Å². The maximum Gasteiger partial charge on any atom is 0.586 e. The molecule has 3 aliphatic rings. The molecule has 16 heteroatoms. The fourth-order valence-corrected chi connectivity index (χ4v) is 6.76. The van der Waals surface area contributed by atoms with Gasteiger partial charge in [-0.15, -0.1) is 8.78 Å². The number of morpholine rings is 1. The van der Waals surface area contributed by atoms with Gasteiger partial charge in [0.2, 0.25) is 0 Å². The largest absolute Gasteiger partial charge is 0.586 e. The number of thiazole rings is 1. The summed E-state index contributed by atoms with van der Waals surface area (Å²) in [6.07, 6.45) is -2.86. The Morgan fingerprint density at radius 2 is 1.80 bits per heavy atom. The number of ether oxygens (including phenoxy) is 5. The van der Waals surface area contributed by atoms with Crippen LogP contribution in [0.5, 0.6) is 23.0 Å². The highest BCUT2D eigenvalue weighted by molar-refractivity contribution is 7.22. The highest BCUT2D eigenvalue weighted by Crippen LogP contribution is 2.44. The van der Waals surface area contributed by atoms with Crippen LogP contribution in [0, 0.1) is 0 Å². The molecule has 1 aromatic heterocycles. The van der Waals surface area contributed by atoms with Crippen molar-refractivity contribution in [2.45, 2.75) is 31.4 Å². The summed E-state index contributed by atoms with van der Waals surface area (Å²) in [5, 5.41) is 5.91. The van der Waals surface area contributed by atoms with Crippen LogP contribution in [0.4, 0.5) is 34.1 Å². The predicted octanol–water partition coefficient (Wildman–Crippen LogP) is 5.71. The number of methoxy groups -OCH3 is 1. The number of alkyl halides is 4. The first-order valence-corrected chi connectivity index (χ1v) is 14.4. The summed E-state index contributed by atoms with van der Waals surface area (Å²) in [6.45, 7) is -1.99. The molecule has 7 rings (SSSR count). The molecule has 2 bridgehead atoms. The Balaban J connectivity index is 1.20. The van der Waals surface area contributed by atoms with Crippen LogP contribution in [0.2, 0.25) is 0 Å². The molecule has 4 heterocycles. The molecule has 2 atom stereocenters. The second kappa shape index (κ2) is 11.0. The van der Waals surface area contributed by atoms with Crippen LogP contribution in [0.15, 0.2) is 48.5 Å². The van der Waals surface area contributed by atoms with Crippen molar-refractivity contribution in [3.8, 4) is 23.0 Å². The van der Waals surface area contributed by atoms with Gasteiger partial charge in [-0.3, -0.25) is 9.59 Å². The number of carbonyl (C=O) groups is 2. The van der Waals surface area contributed by atoms with Crippen LogP contribution >= 0.6 is 11.3 Å². The van der Waals surface area contributed by atoms with Gasteiger partial charge in [0.05, 0.1) is 53.9 Å². The van der Waals surface area contributed by atoms with Crippen molar-refractivity contribution in [3.05, 3.63) is 59.7 Å². The number of nitrogens with one attached hydrogen (secondary N) is 2. The Morgan fingerprint density at radius 1 is 1.02 bits per heavy atom. The van der Waals surface area contributed by atoms with Gasteiger partial charge in [-0.1, -0.05) is 11.3 Å². The number of halogens is 4. The predicted molar refractivity (Wildman–Crippen MR) is 153 cm³/mol. The van der Waals surface area contributed by atoms with Gasteiger partial charge in [0, 0.05) is 11.8 Å². The van der Waals surface area contributed by atoms with Gasteiger partial charge in [-0.2, -0.15) is 8.78 Å². The number of fused-ring (bicyclic) bond motifs is 4. The summed E-state index contributed by atoms with van der Waals surface area (Å²) in [6, 6.07) is 10.7. The van der Waals surface area contributed by atoms with E-state index >= 15 is 0 Å². The van der Waals surface area contributed by atoms with E-state index in [1.54, 1.807) is 12.1 Å². The topological polar surface area (TPSA) is 120 Å². The standard InChI is InChI=1S/C29H22F4N4O7S/c1-40-21-7-5-19-24(45-28(36-19)37-14-9-15(37)12-41-11-14)23(21)26(39)35-18-4-3-16(42-27(30)31)10-17(18)25(38)34-13-2-6-20-22(8-13)44-29(32,33)43-20/h2-8,10,14-15,27H,9,11-12H2,1H3,(H,34,38)(H,35,39). The molecule has 11 nitrogen and oxygen atoms in total. The zero-order valence-corrected chi connectivity index (χ0v) is 24.0. The average Bonchev–Trinajstić information content (AvgIpc) is 3.55. The van der Waals surface area contributed by atoms with Crippen molar-refractivity contribution in [2.75, 3.05) is 35.9 Å². The number of hydrogen-bond acceptors (Lipinski definition) is 10. The van der Waals surface area contributed by atoms with Crippen LogP contribution in [-0.4, -0.2) is 62.1 Å². The fraction of sp³-hybridized carbons (Fsp3) is 0.276. The molecule has 2 unspecified atom stereocenters. The molecular formula is C29H22F4N4O7S. The van der Waals surface area contributed by atoms with Gasteiger partial charge in [0.1, 0.15) is 17.1 Å². The first kappa shape index (κ1) is 28.9. The second-order valence-corrected chi connectivity index (χ2v) is 11.3. The molecule has 2 N–H and O–H groups in total. The van der Waals surface area contributed by atoms with Gasteiger partial charge in [-0.25, -0.2) is 4.98 Å². The number of amides is 2. The maximum atomic E-state index is 13.8. The zero-order chi connectivity index (χ0) is 31.5. The molecule has 3 aromatic carbocycles. The molecule has 3 aliphatic heterocycles. The lowest BCUT2D eigenvalue weighted by atomic mass is 9.92. The van der Waals surface area contributed by atoms with Gasteiger partial charge in [0.15, 0.2) is 16.6 Å². The van der Waals surface area contributed by atoms with E-state index in [4.69, 9.17) is 14.5 Å². The van der Waals surface area contributed by atoms with E-state index in [0.29, 0.717) is 23.4 Å². The van der Waals surface area contributed by atoms with E-state index in [0.717, 1.165) is 29.8 Å². The Bertz CT molecular complexity index is 1820. The maximum absolute atomic E-state index is 13.8. The first-order valence-electron chi connectivity index (χ1n) is 13.5. The van der Waals surface area contributed by atoms with E-state index in [9.17, 15) is 27.2 Å². The van der Waals surface area contributed by atoms with Crippen molar-refractivity contribution >= 4 is 49.9 Å². The number of carbonyl (C=O) groups excluding carboxylic acids is 2. The van der Waals surface area contributed by atoms with Crippen molar-refractivity contribution in [1.29, 1.82) is 0 Å². The quantitative estimate of drug-likeness (QED) is 0.232. The van der Waals surface area contributed by atoms with E-state index in [2.05, 4.69) is 29.7 Å². The number of rotatable bonds is 8. The molecule has 0 radical (unpaired) electrons. The Labute approximate surface area is 255 Å². The normalized spacial score (nSPS) is 19.3. The molecule has 0 saturated carbocycles. The molecule has 2 saturated heterocycles. The number of anilines is 3. The smallest absolute Gasteiger partial charge is 0.496 e. The van der Waals surface area contributed by atoms with Crippen molar-refractivity contribution < 1.29 is 50.8 Å². The minimum Gasteiger partial charge on any atom is -0.496 e. The summed E-state index contributed by atoms with van der Waals surface area (Å²) in [7, 11) is 1.41.